The number of aryl methyl sites for hydroxylation is 1. The Morgan fingerprint density at radius 2 is 1.85 bits per heavy atom. The fourth-order valence-corrected chi connectivity index (χ4v) is 4.63. The molecule has 0 saturated heterocycles. The van der Waals surface area contributed by atoms with Crippen molar-refractivity contribution in [1.82, 2.24) is 20.1 Å². The van der Waals surface area contributed by atoms with Crippen molar-refractivity contribution in [2.24, 2.45) is 0 Å². The van der Waals surface area contributed by atoms with Gasteiger partial charge in [0.1, 0.15) is 5.82 Å². The number of benzene rings is 3. The van der Waals surface area contributed by atoms with Crippen molar-refractivity contribution in [3.8, 4) is 5.69 Å². The molecule has 0 saturated carbocycles. The molecule has 3 aromatic carbocycles. The van der Waals surface area contributed by atoms with Gasteiger partial charge in [-0.1, -0.05) is 64.8 Å². The van der Waals surface area contributed by atoms with Gasteiger partial charge in [-0.2, -0.15) is 0 Å². The Balaban J connectivity index is 1.60. The quantitative estimate of drug-likeness (QED) is 0.305. The van der Waals surface area contributed by atoms with Crippen LogP contribution in [0.25, 0.3) is 5.69 Å². The molecule has 1 amide bonds. The molecule has 5 nitrogen and oxygen atoms in total. The minimum atomic E-state index is -0.404. The second-order valence-electron chi connectivity index (χ2n) is 7.30. The number of halogens is 3. The zero-order chi connectivity index (χ0) is 23.4. The highest BCUT2D eigenvalue weighted by atomic mass is 35.5. The van der Waals surface area contributed by atoms with Crippen LogP contribution in [0.2, 0.25) is 10.0 Å². The number of rotatable bonds is 7. The summed E-state index contributed by atoms with van der Waals surface area (Å²) in [4.78, 5) is 12.5. The minimum Gasteiger partial charge on any atom is -0.345 e. The number of hydrogen-bond donors (Lipinski definition) is 1. The summed E-state index contributed by atoms with van der Waals surface area (Å²) in [5, 5.41) is 13.0. The Bertz CT molecular complexity index is 1290. The van der Waals surface area contributed by atoms with Crippen LogP contribution in [0.4, 0.5) is 4.39 Å². The van der Waals surface area contributed by atoms with E-state index in [1.807, 2.05) is 23.6 Å². The van der Waals surface area contributed by atoms with E-state index in [4.69, 9.17) is 23.2 Å². The third kappa shape index (κ3) is 5.74. The molecule has 9 heteroatoms. The highest BCUT2D eigenvalue weighted by molar-refractivity contribution is 7.98. The SMILES string of the molecule is Cc1cccc(CSc2nnc(CNC(=O)c3ccc(F)cc3)n2-c2ccc(Cl)cc2Cl)c1. The number of carbonyl (C=O) groups excluding carboxylic acids is 1. The smallest absolute Gasteiger partial charge is 0.251 e. The molecule has 168 valence electrons. The number of nitrogens with one attached hydrogen (secondary N) is 1. The topological polar surface area (TPSA) is 59.8 Å². The van der Waals surface area contributed by atoms with Crippen LogP contribution in [-0.4, -0.2) is 20.7 Å². The van der Waals surface area contributed by atoms with E-state index >= 15 is 0 Å². The van der Waals surface area contributed by atoms with Gasteiger partial charge < -0.3 is 5.32 Å². The first-order valence-corrected chi connectivity index (χ1v) is 11.8. The molecule has 4 rings (SSSR count). The van der Waals surface area contributed by atoms with E-state index in [9.17, 15) is 9.18 Å². The molecule has 0 spiro atoms. The average molecular weight is 501 g/mol. The van der Waals surface area contributed by atoms with Crippen molar-refractivity contribution in [3.05, 3.63) is 105 Å². The Hall–Kier alpha value is -2.87. The standard InChI is InChI=1S/C24H19Cl2FN4OS/c1-15-3-2-4-16(11-15)14-33-24-30-29-22(31(24)21-10-7-18(25)12-20(21)26)13-28-23(32)17-5-8-19(27)9-6-17/h2-12H,13-14H2,1H3,(H,28,32). The van der Waals surface area contributed by atoms with Crippen LogP contribution in [0.3, 0.4) is 0 Å². The van der Waals surface area contributed by atoms with E-state index < -0.39 is 5.82 Å². The summed E-state index contributed by atoms with van der Waals surface area (Å²) in [6.45, 7) is 2.15. The predicted molar refractivity (Wildman–Crippen MR) is 130 cm³/mol. The summed E-state index contributed by atoms with van der Waals surface area (Å²) in [6.07, 6.45) is 0. The molecule has 0 aliphatic heterocycles. The number of thioether (sulfide) groups is 1. The van der Waals surface area contributed by atoms with Crippen LogP contribution < -0.4 is 5.32 Å². The van der Waals surface area contributed by atoms with E-state index in [1.54, 1.807) is 18.2 Å². The van der Waals surface area contributed by atoms with E-state index in [0.29, 0.717) is 38.0 Å². The number of nitrogens with zero attached hydrogens (tertiary/aromatic N) is 3. The summed E-state index contributed by atoms with van der Waals surface area (Å²) in [5.41, 5.74) is 3.34. The lowest BCUT2D eigenvalue weighted by Crippen LogP contribution is -2.24. The second-order valence-corrected chi connectivity index (χ2v) is 9.08. The van der Waals surface area contributed by atoms with Gasteiger partial charge in [-0.3, -0.25) is 9.36 Å². The van der Waals surface area contributed by atoms with Gasteiger partial charge in [-0.25, -0.2) is 4.39 Å². The molecule has 1 aromatic heterocycles. The number of hydrogen-bond acceptors (Lipinski definition) is 4. The molecule has 33 heavy (non-hydrogen) atoms. The lowest BCUT2D eigenvalue weighted by Gasteiger charge is -2.13. The Kier molecular flexibility index (Phi) is 7.33. The maximum absolute atomic E-state index is 13.2. The Morgan fingerprint density at radius 3 is 2.58 bits per heavy atom. The van der Waals surface area contributed by atoms with E-state index in [1.165, 1.54) is 41.6 Å². The van der Waals surface area contributed by atoms with Gasteiger partial charge in [0.15, 0.2) is 11.0 Å². The molecule has 0 fully saturated rings. The van der Waals surface area contributed by atoms with Crippen LogP contribution in [0, 0.1) is 12.7 Å². The largest absolute Gasteiger partial charge is 0.345 e. The highest BCUT2D eigenvalue weighted by Gasteiger charge is 2.18. The summed E-state index contributed by atoms with van der Waals surface area (Å²) in [6, 6.07) is 18.7. The minimum absolute atomic E-state index is 0.104. The average Bonchev–Trinajstić information content (AvgIpc) is 3.19. The normalized spacial score (nSPS) is 10.9. The van der Waals surface area contributed by atoms with Crippen molar-refractivity contribution in [3.63, 3.8) is 0 Å². The van der Waals surface area contributed by atoms with Crippen LogP contribution in [0.5, 0.6) is 0 Å². The number of carbonyl (C=O) groups is 1. The third-order valence-corrected chi connectivity index (χ3v) is 6.35. The summed E-state index contributed by atoms with van der Waals surface area (Å²) in [7, 11) is 0. The van der Waals surface area contributed by atoms with E-state index in [0.717, 1.165) is 5.56 Å². The number of amides is 1. The van der Waals surface area contributed by atoms with Gasteiger partial charge in [-0.15, -0.1) is 10.2 Å². The van der Waals surface area contributed by atoms with Crippen LogP contribution in [0.1, 0.15) is 27.3 Å². The maximum Gasteiger partial charge on any atom is 0.251 e. The van der Waals surface area contributed by atoms with Crippen molar-refractivity contribution in [1.29, 1.82) is 0 Å². The molecule has 4 aromatic rings. The van der Waals surface area contributed by atoms with Gasteiger partial charge in [0.2, 0.25) is 0 Å². The molecule has 1 N–H and O–H groups in total. The zero-order valence-corrected chi connectivity index (χ0v) is 19.9. The first-order valence-electron chi connectivity index (χ1n) is 10.0. The lowest BCUT2D eigenvalue weighted by molar-refractivity contribution is 0.0949. The van der Waals surface area contributed by atoms with Crippen LogP contribution in [0.15, 0.2) is 71.9 Å². The molecule has 0 radical (unpaired) electrons. The highest BCUT2D eigenvalue weighted by Crippen LogP contribution is 2.30. The van der Waals surface area contributed by atoms with Gasteiger partial charge in [-0.05, 0) is 55.0 Å². The molecule has 0 unspecified atom stereocenters. The van der Waals surface area contributed by atoms with Crippen molar-refractivity contribution in [2.75, 3.05) is 0 Å². The Labute approximate surface area is 204 Å². The monoisotopic (exact) mass is 500 g/mol. The zero-order valence-electron chi connectivity index (χ0n) is 17.6. The first-order chi connectivity index (χ1) is 15.9. The molecular weight excluding hydrogens is 482 g/mol. The molecule has 0 aliphatic rings. The molecule has 1 heterocycles. The van der Waals surface area contributed by atoms with Crippen molar-refractivity contribution in [2.45, 2.75) is 24.4 Å². The summed E-state index contributed by atoms with van der Waals surface area (Å²) < 4.78 is 15.0. The van der Waals surface area contributed by atoms with Crippen LogP contribution in [-0.2, 0) is 12.3 Å². The summed E-state index contributed by atoms with van der Waals surface area (Å²) in [5.74, 6) is 0.438. The molecule has 0 atom stereocenters. The molecule has 0 bridgehead atoms. The van der Waals surface area contributed by atoms with Gasteiger partial charge in [0, 0.05) is 16.3 Å². The van der Waals surface area contributed by atoms with Gasteiger partial charge >= 0.3 is 0 Å². The number of aromatic nitrogens is 3. The van der Waals surface area contributed by atoms with Gasteiger partial charge in [0.25, 0.3) is 5.91 Å². The molecular formula is C24H19Cl2FN4OS. The van der Waals surface area contributed by atoms with E-state index in [-0.39, 0.29) is 12.5 Å². The lowest BCUT2D eigenvalue weighted by atomic mass is 10.2. The summed E-state index contributed by atoms with van der Waals surface area (Å²) >= 11 is 14.1. The van der Waals surface area contributed by atoms with Gasteiger partial charge in [0.05, 0.1) is 17.3 Å². The fraction of sp³-hybridized carbons (Fsp3) is 0.125. The van der Waals surface area contributed by atoms with Crippen LogP contribution >= 0.6 is 35.0 Å². The third-order valence-electron chi connectivity index (χ3n) is 4.81. The second kappa shape index (κ2) is 10.4. The van der Waals surface area contributed by atoms with E-state index in [2.05, 4.69) is 27.6 Å². The fourth-order valence-electron chi connectivity index (χ4n) is 3.23. The predicted octanol–water partition coefficient (Wildman–Crippen LogP) is 6.24. The van der Waals surface area contributed by atoms with Crippen molar-refractivity contribution >= 4 is 40.9 Å². The first kappa shape index (κ1) is 23.3. The molecule has 0 aliphatic carbocycles. The van der Waals surface area contributed by atoms with Crippen molar-refractivity contribution < 1.29 is 9.18 Å². The maximum atomic E-state index is 13.2. The Morgan fingerprint density at radius 1 is 1.06 bits per heavy atom.